The van der Waals surface area contributed by atoms with Crippen LogP contribution in [0.3, 0.4) is 0 Å². The zero-order chi connectivity index (χ0) is 95.4. The fraction of sp³-hybridized carbons (Fsp3) is 0.0794. The SMILES string of the molecule is Cc1ccc2c(c1)oc1ncccc12.Cc1ccc2c(c1)sc1ccccc12.Cc1ccc2oc3ccccc3c2c1.Cc1ccc2oc3ncccc3c2c1.Cc1ccc2sc3ccccc3c2c1.Cc1cccc2c1oc1ncccc12.Cc1cccc2c1sc1ccccc12.Cc1cccc2oc3ccccc3c12.Cc1cccc2oc3ncccc3c12.Cc1cccc2sc3ccccc3c12. The molecule has 0 saturated heterocycles. The van der Waals surface area contributed by atoms with Gasteiger partial charge in [0.05, 0.1) is 0 Å². The van der Waals surface area contributed by atoms with Crippen molar-refractivity contribution in [1.29, 1.82) is 0 Å². The molecule has 30 aromatic rings. The lowest BCUT2D eigenvalue weighted by Gasteiger charge is -1.95. The van der Waals surface area contributed by atoms with Gasteiger partial charge in [0, 0.05) is 170 Å². The van der Waals surface area contributed by atoms with Crippen LogP contribution in [0.2, 0.25) is 0 Å². The Morgan fingerprint density at radius 3 is 1.14 bits per heavy atom. The fourth-order valence-corrected chi connectivity index (χ4v) is 23.0. The molecule has 0 bridgehead atoms. The lowest BCUT2D eigenvalue weighted by atomic mass is 10.1. The fourth-order valence-electron chi connectivity index (χ4n) is 18.4. The molecular weight excluding hydrogens is 1790 g/mol. The first kappa shape index (κ1) is 90.3. The Morgan fingerprint density at radius 2 is 0.493 bits per heavy atom. The van der Waals surface area contributed by atoms with E-state index in [-0.39, 0.29) is 0 Å². The number of nitrogens with zero attached hydrogens (tertiary/aromatic N) is 4. The van der Waals surface area contributed by atoms with Crippen molar-refractivity contribution >= 4 is 258 Å². The van der Waals surface area contributed by atoms with Gasteiger partial charge < -0.3 is 26.5 Å². The summed E-state index contributed by atoms with van der Waals surface area (Å²) in [6.45, 7) is 21.1. The summed E-state index contributed by atoms with van der Waals surface area (Å²) in [7, 11) is 0. The van der Waals surface area contributed by atoms with Gasteiger partial charge in [-0.25, -0.2) is 19.9 Å². The molecule has 0 aliphatic rings. The van der Waals surface area contributed by atoms with E-state index >= 15 is 0 Å². The second-order valence-electron chi connectivity index (χ2n) is 35.2. The lowest BCUT2D eigenvalue weighted by Crippen LogP contribution is -1.73. The lowest BCUT2D eigenvalue weighted by molar-refractivity contribution is 0.651. The molecule has 10 nitrogen and oxygen atoms in total. The van der Waals surface area contributed by atoms with Gasteiger partial charge in [0.25, 0.3) is 0 Å². The van der Waals surface area contributed by atoms with Crippen LogP contribution in [0.25, 0.3) is 213 Å². The molecule has 14 heteroatoms. The number of hydrogen-bond donors (Lipinski definition) is 0. The zero-order valence-electron chi connectivity index (χ0n) is 79.0. The van der Waals surface area contributed by atoms with Crippen LogP contribution in [0.1, 0.15) is 55.6 Å². The average molecular weight is 1890 g/mol. The smallest absolute Gasteiger partial charge is 0.227 e. The normalized spacial score (nSPS) is 11.2. The molecule has 0 aliphatic carbocycles. The van der Waals surface area contributed by atoms with E-state index in [9.17, 15) is 0 Å². The summed E-state index contributed by atoms with van der Waals surface area (Å²) in [5.41, 5.74) is 23.2. The minimum Gasteiger partial charge on any atom is -0.456 e. The molecule has 0 unspecified atom stereocenters. The third kappa shape index (κ3) is 18.6. The molecule has 0 aliphatic heterocycles. The van der Waals surface area contributed by atoms with E-state index in [1.165, 1.54) is 158 Å². The first-order valence-corrected chi connectivity index (χ1v) is 50.0. The van der Waals surface area contributed by atoms with Crippen LogP contribution in [0.4, 0.5) is 0 Å². The Balaban J connectivity index is 0.0000000924. The number of benzene rings is 16. The highest BCUT2D eigenvalue weighted by molar-refractivity contribution is 7.27. The molecule has 14 aromatic heterocycles. The van der Waals surface area contributed by atoms with Gasteiger partial charge in [-0.15, -0.1) is 45.3 Å². The number of fused-ring (bicyclic) bond motifs is 30. The molecule has 16 aromatic carbocycles. The first-order chi connectivity index (χ1) is 68.5. The second-order valence-corrected chi connectivity index (χ2v) is 39.5. The quantitative estimate of drug-likeness (QED) is 0.145. The maximum absolute atomic E-state index is 5.73. The zero-order valence-corrected chi connectivity index (χ0v) is 82.2. The number of rotatable bonds is 0. The van der Waals surface area contributed by atoms with Gasteiger partial charge in [0.15, 0.2) is 0 Å². The maximum Gasteiger partial charge on any atom is 0.227 e. The third-order valence-electron chi connectivity index (χ3n) is 25.2. The van der Waals surface area contributed by atoms with Gasteiger partial charge >= 0.3 is 0 Å². The molecule has 0 fully saturated rings. The van der Waals surface area contributed by atoms with Gasteiger partial charge in [-0.1, -0.05) is 241 Å². The number of furan rings is 6. The minimum atomic E-state index is 0.716. The van der Waals surface area contributed by atoms with Crippen molar-refractivity contribution in [2.45, 2.75) is 69.2 Å². The highest BCUT2D eigenvalue weighted by atomic mass is 32.1. The van der Waals surface area contributed by atoms with Gasteiger partial charge in [0.1, 0.15) is 44.7 Å². The van der Waals surface area contributed by atoms with E-state index in [0.717, 1.165) is 99.4 Å². The molecule has 0 amide bonds. The number of para-hydroxylation sites is 3. The number of aryl methyl sites for hydroxylation is 10. The van der Waals surface area contributed by atoms with Gasteiger partial charge in [-0.3, -0.25) is 0 Å². The molecular formula is C126H96N4O6S4. The van der Waals surface area contributed by atoms with Crippen molar-refractivity contribution in [3.8, 4) is 0 Å². The summed E-state index contributed by atoms with van der Waals surface area (Å²) in [6, 6.07) is 130. The maximum atomic E-state index is 5.73. The minimum absolute atomic E-state index is 0.716. The molecule has 30 rings (SSSR count). The molecule has 14 heterocycles. The highest BCUT2D eigenvalue weighted by Gasteiger charge is 2.16. The third-order valence-corrected chi connectivity index (χ3v) is 29.9. The van der Waals surface area contributed by atoms with E-state index in [2.05, 4.69) is 313 Å². The Labute approximate surface area is 823 Å². The van der Waals surface area contributed by atoms with E-state index in [1.54, 1.807) is 24.8 Å². The number of aromatic nitrogens is 4. The summed E-state index contributed by atoms with van der Waals surface area (Å²) in [6.07, 6.45) is 7.00. The van der Waals surface area contributed by atoms with E-state index in [4.69, 9.17) is 26.5 Å². The Bertz CT molecular complexity index is 8980. The van der Waals surface area contributed by atoms with Crippen molar-refractivity contribution in [1.82, 2.24) is 19.9 Å². The van der Waals surface area contributed by atoms with Crippen molar-refractivity contribution in [2.75, 3.05) is 0 Å². The number of pyridine rings is 4. The molecule has 680 valence electrons. The average Bonchev–Trinajstić information content (AvgIpc) is 1.64. The topological polar surface area (TPSA) is 130 Å². The summed E-state index contributed by atoms with van der Waals surface area (Å²) in [5, 5.41) is 25.0. The van der Waals surface area contributed by atoms with Crippen molar-refractivity contribution < 1.29 is 26.5 Å². The van der Waals surface area contributed by atoms with Crippen molar-refractivity contribution in [2.24, 2.45) is 0 Å². The van der Waals surface area contributed by atoms with Crippen LogP contribution < -0.4 is 0 Å². The largest absolute Gasteiger partial charge is 0.456 e. The van der Waals surface area contributed by atoms with Crippen molar-refractivity contribution in [3.05, 3.63) is 457 Å². The Kier molecular flexibility index (Phi) is 25.7. The number of hydrogen-bond acceptors (Lipinski definition) is 14. The summed E-state index contributed by atoms with van der Waals surface area (Å²) in [5.74, 6) is 0. The predicted molar refractivity (Wildman–Crippen MR) is 598 cm³/mol. The highest BCUT2D eigenvalue weighted by Crippen LogP contribution is 2.42. The molecule has 140 heavy (non-hydrogen) atoms. The van der Waals surface area contributed by atoms with Crippen LogP contribution in [0, 0.1) is 69.2 Å². The molecule has 0 radical (unpaired) electrons. The predicted octanol–water partition coefficient (Wildman–Crippen LogP) is 38.4. The van der Waals surface area contributed by atoms with Gasteiger partial charge in [-0.2, -0.15) is 0 Å². The molecule has 0 saturated carbocycles. The van der Waals surface area contributed by atoms with E-state index in [0.29, 0.717) is 11.4 Å². The number of thiophene rings is 4. The van der Waals surface area contributed by atoms with Crippen LogP contribution in [0.5, 0.6) is 0 Å². The van der Waals surface area contributed by atoms with Crippen LogP contribution in [0.15, 0.2) is 427 Å². The first-order valence-electron chi connectivity index (χ1n) is 46.7. The summed E-state index contributed by atoms with van der Waals surface area (Å²) >= 11 is 7.51. The molecule has 0 N–H and O–H groups in total. The van der Waals surface area contributed by atoms with Crippen molar-refractivity contribution in [3.63, 3.8) is 0 Å². The van der Waals surface area contributed by atoms with Gasteiger partial charge in [0.2, 0.25) is 22.9 Å². The Morgan fingerprint density at radius 1 is 0.164 bits per heavy atom. The van der Waals surface area contributed by atoms with Crippen LogP contribution in [-0.2, 0) is 0 Å². The summed E-state index contributed by atoms with van der Waals surface area (Å²) in [4.78, 5) is 16.7. The standard InChI is InChI=1S/2C13H10O.4C13H10S.4C12H9NO/c1-9-5-4-8-12-13(9)10-6-2-3-7-11(10)14-12;1-9-6-7-13-11(8-9)10-4-2-3-5-12(10)14-13;1-9-5-4-7-11-10-6-2-3-8-12(10)14-13(9)11;1-9-5-4-8-12-13(9)10-6-2-3-7-11(10)14-12;1-9-6-7-13-11(8-9)10-4-2-3-5-12(10)14-13;1-9-6-7-11-10-4-2-3-5-12(10)14-13(11)8-9;1-8-4-2-6-10-11(8)9-5-3-7-13-12(9)14-10;1-8-4-2-5-9-10-6-3-7-13-12(10)14-11(8)9;1-8-4-5-9-10-3-2-6-13-12(10)14-11(9)7-8;1-8-4-5-11-10(7-8)9-3-2-6-13-12(9)14-11/h6*2-8H,1H3;4*2-7H,1H3. The Hall–Kier alpha value is -16.2. The van der Waals surface area contributed by atoms with Gasteiger partial charge in [-0.05, 0) is 260 Å². The van der Waals surface area contributed by atoms with E-state index in [1.807, 2.05) is 198 Å². The summed E-state index contributed by atoms with van der Waals surface area (Å²) < 4.78 is 45.1. The molecule has 0 spiro atoms. The molecule has 0 atom stereocenters. The van der Waals surface area contributed by atoms with E-state index < -0.39 is 0 Å². The van der Waals surface area contributed by atoms with Crippen LogP contribution >= 0.6 is 45.3 Å². The second kappa shape index (κ2) is 39.9. The monoisotopic (exact) mass is 1890 g/mol. The van der Waals surface area contributed by atoms with Crippen LogP contribution in [-0.4, -0.2) is 19.9 Å².